The fraction of sp³-hybridized carbons (Fsp3) is 0.0588. The Balaban J connectivity index is 1.85. The maximum absolute atomic E-state index is 12.5. The lowest BCUT2D eigenvalue weighted by molar-refractivity contribution is -0.114. The standard InChI is InChI=1S/C17H12Cl2N2O2S/c1-9(22)20-13-7-6-10(8-12(13)18)21-17(23)16-15(19)11-4-2-3-5-14(11)24-16/h2-8H,1H3,(H,20,22)(H,21,23). The Morgan fingerprint density at radius 1 is 1.04 bits per heavy atom. The number of hydrogen-bond acceptors (Lipinski definition) is 3. The molecule has 0 unspecified atom stereocenters. The molecule has 0 aliphatic carbocycles. The summed E-state index contributed by atoms with van der Waals surface area (Å²) in [6.45, 7) is 1.40. The fourth-order valence-corrected chi connectivity index (χ4v) is 3.87. The van der Waals surface area contributed by atoms with Crippen LogP contribution in [0.1, 0.15) is 16.6 Å². The first-order chi connectivity index (χ1) is 11.5. The van der Waals surface area contributed by atoms with E-state index < -0.39 is 0 Å². The van der Waals surface area contributed by atoms with Gasteiger partial charge in [-0.25, -0.2) is 0 Å². The monoisotopic (exact) mass is 378 g/mol. The molecule has 1 heterocycles. The first kappa shape index (κ1) is 16.8. The van der Waals surface area contributed by atoms with Gasteiger partial charge in [-0.1, -0.05) is 41.4 Å². The zero-order valence-corrected chi connectivity index (χ0v) is 14.9. The molecular weight excluding hydrogens is 367 g/mol. The first-order valence-corrected chi connectivity index (χ1v) is 8.58. The lowest BCUT2D eigenvalue weighted by atomic mass is 10.2. The highest BCUT2D eigenvalue weighted by Crippen LogP contribution is 2.35. The molecule has 0 radical (unpaired) electrons. The third-order valence-corrected chi connectivity index (χ3v) is 5.27. The zero-order chi connectivity index (χ0) is 17.3. The van der Waals surface area contributed by atoms with E-state index in [0.717, 1.165) is 10.1 Å². The molecule has 2 aromatic carbocycles. The summed E-state index contributed by atoms with van der Waals surface area (Å²) < 4.78 is 0.951. The average molecular weight is 379 g/mol. The largest absolute Gasteiger partial charge is 0.325 e. The number of thiophene rings is 1. The summed E-state index contributed by atoms with van der Waals surface area (Å²) >= 11 is 13.8. The quantitative estimate of drug-likeness (QED) is 0.639. The molecule has 122 valence electrons. The van der Waals surface area contributed by atoms with Gasteiger partial charge < -0.3 is 10.6 Å². The number of anilines is 2. The summed E-state index contributed by atoms with van der Waals surface area (Å²) in [6.07, 6.45) is 0. The van der Waals surface area contributed by atoms with Gasteiger partial charge in [0.15, 0.2) is 0 Å². The van der Waals surface area contributed by atoms with Crippen molar-refractivity contribution in [1.82, 2.24) is 0 Å². The van der Waals surface area contributed by atoms with E-state index in [-0.39, 0.29) is 11.8 Å². The van der Waals surface area contributed by atoms with E-state index >= 15 is 0 Å². The van der Waals surface area contributed by atoms with E-state index in [4.69, 9.17) is 23.2 Å². The first-order valence-electron chi connectivity index (χ1n) is 7.01. The van der Waals surface area contributed by atoms with E-state index in [0.29, 0.717) is 26.3 Å². The van der Waals surface area contributed by atoms with Crippen LogP contribution in [0.5, 0.6) is 0 Å². The molecule has 24 heavy (non-hydrogen) atoms. The Morgan fingerprint density at radius 2 is 1.79 bits per heavy atom. The summed E-state index contributed by atoms with van der Waals surface area (Å²) in [7, 11) is 0. The predicted molar refractivity (Wildman–Crippen MR) is 101 cm³/mol. The zero-order valence-electron chi connectivity index (χ0n) is 12.5. The smallest absolute Gasteiger partial charge is 0.267 e. The Morgan fingerprint density at radius 3 is 2.46 bits per heavy atom. The van der Waals surface area contributed by atoms with Gasteiger partial charge in [0.2, 0.25) is 5.91 Å². The molecule has 0 bridgehead atoms. The molecule has 2 N–H and O–H groups in total. The number of nitrogens with one attached hydrogen (secondary N) is 2. The Hall–Kier alpha value is -2.08. The van der Waals surface area contributed by atoms with Gasteiger partial charge in [0.25, 0.3) is 5.91 Å². The molecule has 0 saturated heterocycles. The van der Waals surface area contributed by atoms with Crippen molar-refractivity contribution >= 4 is 67.8 Å². The van der Waals surface area contributed by atoms with Gasteiger partial charge >= 0.3 is 0 Å². The minimum absolute atomic E-state index is 0.217. The van der Waals surface area contributed by atoms with Crippen LogP contribution in [0.3, 0.4) is 0 Å². The summed E-state index contributed by atoms with van der Waals surface area (Å²) in [6, 6.07) is 12.4. The molecule has 0 fully saturated rings. The minimum Gasteiger partial charge on any atom is -0.325 e. The maximum Gasteiger partial charge on any atom is 0.267 e. The lowest BCUT2D eigenvalue weighted by Gasteiger charge is -2.08. The van der Waals surface area contributed by atoms with E-state index in [1.54, 1.807) is 18.2 Å². The molecule has 0 aliphatic heterocycles. The van der Waals surface area contributed by atoms with Gasteiger partial charge in [-0.2, -0.15) is 0 Å². The molecule has 0 spiro atoms. The number of amides is 2. The van der Waals surface area contributed by atoms with Crippen LogP contribution in [0.25, 0.3) is 10.1 Å². The van der Waals surface area contributed by atoms with Gasteiger partial charge in [0.05, 0.1) is 15.7 Å². The topological polar surface area (TPSA) is 58.2 Å². The van der Waals surface area contributed by atoms with Crippen LogP contribution in [0.2, 0.25) is 10.0 Å². The second-order valence-corrected chi connectivity index (χ2v) is 6.91. The van der Waals surface area contributed by atoms with Crippen LogP contribution >= 0.6 is 34.5 Å². The van der Waals surface area contributed by atoms with Crippen molar-refractivity contribution in [3.63, 3.8) is 0 Å². The predicted octanol–water partition coefficient (Wildman–Crippen LogP) is 5.42. The molecule has 2 amide bonds. The van der Waals surface area contributed by atoms with Crippen molar-refractivity contribution in [3.05, 3.63) is 57.4 Å². The summed E-state index contributed by atoms with van der Waals surface area (Å²) in [5.41, 5.74) is 1.01. The van der Waals surface area contributed by atoms with E-state index in [1.165, 1.54) is 18.3 Å². The normalized spacial score (nSPS) is 10.6. The van der Waals surface area contributed by atoms with Crippen LogP contribution in [0.4, 0.5) is 11.4 Å². The highest BCUT2D eigenvalue weighted by atomic mass is 35.5. The van der Waals surface area contributed by atoms with Crippen molar-refractivity contribution in [3.8, 4) is 0 Å². The highest BCUT2D eigenvalue weighted by molar-refractivity contribution is 7.21. The fourth-order valence-electron chi connectivity index (χ4n) is 2.23. The summed E-state index contributed by atoms with van der Waals surface area (Å²) in [5, 5.41) is 7.01. The maximum atomic E-state index is 12.5. The van der Waals surface area contributed by atoms with Gasteiger partial charge in [-0.3, -0.25) is 9.59 Å². The molecule has 3 rings (SSSR count). The van der Waals surface area contributed by atoms with Gasteiger partial charge in [0.1, 0.15) is 4.88 Å². The van der Waals surface area contributed by atoms with Crippen molar-refractivity contribution in [2.45, 2.75) is 6.92 Å². The van der Waals surface area contributed by atoms with Gasteiger partial charge in [-0.15, -0.1) is 11.3 Å². The van der Waals surface area contributed by atoms with E-state index in [1.807, 2.05) is 24.3 Å². The molecular formula is C17H12Cl2N2O2S. The van der Waals surface area contributed by atoms with Crippen LogP contribution in [-0.4, -0.2) is 11.8 Å². The third kappa shape index (κ3) is 3.38. The average Bonchev–Trinajstić information content (AvgIpc) is 2.87. The number of carbonyl (C=O) groups excluding carboxylic acids is 2. The number of carbonyl (C=O) groups is 2. The highest BCUT2D eigenvalue weighted by Gasteiger charge is 2.17. The molecule has 4 nitrogen and oxygen atoms in total. The number of benzene rings is 2. The van der Waals surface area contributed by atoms with Gasteiger partial charge in [0, 0.05) is 22.7 Å². The SMILES string of the molecule is CC(=O)Nc1ccc(NC(=O)c2sc3ccccc3c2Cl)cc1Cl. The molecule has 0 saturated carbocycles. The second-order valence-electron chi connectivity index (χ2n) is 5.07. The number of rotatable bonds is 3. The van der Waals surface area contributed by atoms with Gasteiger partial charge in [-0.05, 0) is 24.3 Å². The molecule has 1 aromatic heterocycles. The molecule has 7 heteroatoms. The van der Waals surface area contributed by atoms with Crippen LogP contribution in [0.15, 0.2) is 42.5 Å². The van der Waals surface area contributed by atoms with Crippen molar-refractivity contribution in [1.29, 1.82) is 0 Å². The molecule has 3 aromatic rings. The number of hydrogen-bond donors (Lipinski definition) is 2. The Bertz CT molecular complexity index is 953. The van der Waals surface area contributed by atoms with Crippen LogP contribution < -0.4 is 10.6 Å². The van der Waals surface area contributed by atoms with Crippen molar-refractivity contribution in [2.75, 3.05) is 10.6 Å². The molecule has 0 aliphatic rings. The number of fused-ring (bicyclic) bond motifs is 1. The van der Waals surface area contributed by atoms with Crippen LogP contribution in [-0.2, 0) is 4.79 Å². The van der Waals surface area contributed by atoms with Crippen molar-refractivity contribution < 1.29 is 9.59 Å². The Kier molecular flexibility index (Phi) is 4.76. The Labute approximate surface area is 152 Å². The van der Waals surface area contributed by atoms with Crippen molar-refractivity contribution in [2.24, 2.45) is 0 Å². The number of halogens is 2. The minimum atomic E-state index is -0.301. The van der Waals surface area contributed by atoms with E-state index in [2.05, 4.69) is 10.6 Å². The van der Waals surface area contributed by atoms with Crippen LogP contribution in [0, 0.1) is 0 Å². The van der Waals surface area contributed by atoms with E-state index in [9.17, 15) is 9.59 Å². The lowest BCUT2D eigenvalue weighted by Crippen LogP contribution is -2.11. The summed E-state index contributed by atoms with van der Waals surface area (Å²) in [4.78, 5) is 24.0. The molecule has 0 atom stereocenters. The second kappa shape index (κ2) is 6.81. The third-order valence-electron chi connectivity index (χ3n) is 3.28. The summed E-state index contributed by atoms with van der Waals surface area (Å²) in [5.74, 6) is -0.518.